The fraction of sp³-hybridized carbons (Fsp3) is 0.412. The van der Waals surface area contributed by atoms with Gasteiger partial charge in [0.15, 0.2) is 0 Å². The number of nitrogens with zero attached hydrogens (tertiary/aromatic N) is 3. The van der Waals surface area contributed by atoms with Crippen LogP contribution in [-0.4, -0.2) is 28.0 Å². The van der Waals surface area contributed by atoms with Gasteiger partial charge in [-0.2, -0.15) is 5.10 Å². The zero-order chi connectivity index (χ0) is 16.8. The van der Waals surface area contributed by atoms with Crippen molar-refractivity contribution in [2.45, 2.75) is 32.8 Å². The van der Waals surface area contributed by atoms with E-state index >= 15 is 0 Å². The van der Waals surface area contributed by atoms with E-state index in [0.29, 0.717) is 12.4 Å². The second kappa shape index (κ2) is 5.30. The molecule has 2 aromatic rings. The first-order valence-corrected chi connectivity index (χ1v) is 7.67. The van der Waals surface area contributed by atoms with Gasteiger partial charge >= 0.3 is 6.09 Å². The summed E-state index contributed by atoms with van der Waals surface area (Å²) < 4.78 is 7.12. The lowest BCUT2D eigenvalue weighted by atomic mass is 10.0. The molecule has 0 unspecified atom stereocenters. The van der Waals surface area contributed by atoms with Gasteiger partial charge in [0.1, 0.15) is 11.4 Å². The van der Waals surface area contributed by atoms with Gasteiger partial charge in [-0.3, -0.25) is 9.58 Å². The predicted molar refractivity (Wildman–Crippen MR) is 90.3 cm³/mol. The summed E-state index contributed by atoms with van der Waals surface area (Å²) in [6.45, 7) is 6.25. The minimum absolute atomic E-state index is 0.301. The molecule has 0 saturated heterocycles. The van der Waals surface area contributed by atoms with Crippen molar-refractivity contribution in [1.29, 1.82) is 0 Å². The van der Waals surface area contributed by atoms with Crippen molar-refractivity contribution < 1.29 is 9.53 Å². The number of ether oxygens (including phenoxy) is 1. The number of anilines is 2. The maximum absolute atomic E-state index is 12.3. The molecule has 2 heterocycles. The van der Waals surface area contributed by atoms with Gasteiger partial charge in [-0.05, 0) is 50.5 Å². The van der Waals surface area contributed by atoms with Crippen LogP contribution in [0.5, 0.6) is 0 Å². The molecule has 1 amide bonds. The van der Waals surface area contributed by atoms with Gasteiger partial charge in [0.05, 0.1) is 11.9 Å². The highest BCUT2D eigenvalue weighted by molar-refractivity contribution is 5.91. The van der Waals surface area contributed by atoms with Gasteiger partial charge in [-0.1, -0.05) is 6.07 Å². The van der Waals surface area contributed by atoms with Crippen LogP contribution in [0.3, 0.4) is 0 Å². The predicted octanol–water partition coefficient (Wildman–Crippen LogP) is 2.97. The molecule has 3 rings (SSSR count). The van der Waals surface area contributed by atoms with E-state index in [1.807, 2.05) is 40.0 Å². The number of carbonyl (C=O) groups is 1. The second-order valence-electron chi connectivity index (χ2n) is 6.79. The van der Waals surface area contributed by atoms with Crippen LogP contribution >= 0.6 is 0 Å². The molecule has 0 bridgehead atoms. The Morgan fingerprint density at radius 1 is 1.35 bits per heavy atom. The number of nitrogens with two attached hydrogens (primary N) is 1. The number of aryl methyl sites for hydroxylation is 1. The Labute approximate surface area is 135 Å². The van der Waals surface area contributed by atoms with Crippen LogP contribution < -0.4 is 10.6 Å². The van der Waals surface area contributed by atoms with E-state index < -0.39 is 5.60 Å². The van der Waals surface area contributed by atoms with Crippen molar-refractivity contribution in [1.82, 2.24) is 9.78 Å². The van der Waals surface area contributed by atoms with Gasteiger partial charge in [-0.25, -0.2) is 4.79 Å². The Balaban J connectivity index is 1.89. The van der Waals surface area contributed by atoms with Crippen molar-refractivity contribution in [2.24, 2.45) is 7.05 Å². The van der Waals surface area contributed by atoms with E-state index in [9.17, 15) is 4.79 Å². The maximum atomic E-state index is 12.3. The zero-order valence-corrected chi connectivity index (χ0v) is 14.0. The number of fused-ring (bicyclic) bond motifs is 1. The molecular weight excluding hydrogens is 292 g/mol. The van der Waals surface area contributed by atoms with E-state index in [2.05, 4.69) is 11.2 Å². The lowest BCUT2D eigenvalue weighted by Gasteiger charge is -2.24. The van der Waals surface area contributed by atoms with Crippen LogP contribution in [0.1, 0.15) is 26.3 Å². The van der Waals surface area contributed by atoms with Gasteiger partial charge in [-0.15, -0.1) is 0 Å². The molecule has 1 aromatic heterocycles. The normalized spacial score (nSPS) is 14.0. The van der Waals surface area contributed by atoms with Gasteiger partial charge in [0.25, 0.3) is 0 Å². The smallest absolute Gasteiger partial charge is 0.414 e. The minimum atomic E-state index is -0.496. The highest BCUT2D eigenvalue weighted by atomic mass is 16.6. The van der Waals surface area contributed by atoms with E-state index in [1.165, 1.54) is 0 Å². The molecule has 0 radical (unpaired) electrons. The topological polar surface area (TPSA) is 73.4 Å². The van der Waals surface area contributed by atoms with E-state index in [1.54, 1.807) is 15.8 Å². The van der Waals surface area contributed by atoms with Crippen molar-refractivity contribution in [3.8, 4) is 11.1 Å². The third kappa shape index (κ3) is 2.88. The summed E-state index contributed by atoms with van der Waals surface area (Å²) in [7, 11) is 1.82. The van der Waals surface area contributed by atoms with Gasteiger partial charge in [0.2, 0.25) is 0 Å². The quantitative estimate of drug-likeness (QED) is 0.878. The molecule has 6 heteroatoms. The Morgan fingerprint density at radius 3 is 2.70 bits per heavy atom. The fourth-order valence-electron chi connectivity index (χ4n) is 2.75. The molecule has 2 N–H and O–H groups in total. The average Bonchev–Trinajstić information content (AvgIpc) is 3.01. The van der Waals surface area contributed by atoms with Gasteiger partial charge in [0, 0.05) is 19.2 Å². The molecule has 23 heavy (non-hydrogen) atoms. The Bertz CT molecular complexity index is 758. The summed E-state index contributed by atoms with van der Waals surface area (Å²) in [5.74, 6) is 0.631. The number of carbonyl (C=O) groups excluding carboxylic acids is 1. The number of amides is 1. The first-order chi connectivity index (χ1) is 10.8. The lowest BCUT2D eigenvalue weighted by Crippen LogP contribution is -2.35. The molecule has 1 aromatic carbocycles. The fourth-order valence-corrected chi connectivity index (χ4v) is 2.75. The van der Waals surface area contributed by atoms with E-state index in [-0.39, 0.29) is 6.09 Å². The molecule has 6 nitrogen and oxygen atoms in total. The van der Waals surface area contributed by atoms with Crippen LogP contribution in [-0.2, 0) is 18.2 Å². The van der Waals surface area contributed by atoms with Gasteiger partial charge < -0.3 is 10.5 Å². The largest absolute Gasteiger partial charge is 0.443 e. The number of hydrogen-bond acceptors (Lipinski definition) is 4. The first-order valence-electron chi connectivity index (χ1n) is 7.67. The molecule has 1 aliphatic rings. The Hall–Kier alpha value is -2.50. The first kappa shape index (κ1) is 15.4. The van der Waals surface area contributed by atoms with Crippen molar-refractivity contribution in [3.63, 3.8) is 0 Å². The van der Waals surface area contributed by atoms with Crippen LogP contribution in [0, 0.1) is 0 Å². The Kier molecular flexibility index (Phi) is 3.55. The van der Waals surface area contributed by atoms with Crippen LogP contribution in [0.25, 0.3) is 11.1 Å². The molecule has 122 valence electrons. The molecule has 0 spiro atoms. The SMILES string of the molecule is Cn1ncc(-c2ccc3c(c2)CCN3C(=O)OC(C)(C)C)c1N. The number of hydrogen-bond donors (Lipinski definition) is 1. The van der Waals surface area contributed by atoms with Crippen LogP contribution in [0.2, 0.25) is 0 Å². The van der Waals surface area contributed by atoms with Crippen LogP contribution in [0.15, 0.2) is 24.4 Å². The molecule has 0 atom stereocenters. The third-order valence-corrected chi connectivity index (χ3v) is 3.88. The van der Waals surface area contributed by atoms with Crippen molar-refractivity contribution in [2.75, 3.05) is 17.2 Å². The Morgan fingerprint density at radius 2 is 2.09 bits per heavy atom. The highest BCUT2D eigenvalue weighted by Crippen LogP contribution is 2.34. The second-order valence-corrected chi connectivity index (χ2v) is 6.79. The van der Waals surface area contributed by atoms with Crippen LogP contribution in [0.4, 0.5) is 16.3 Å². The monoisotopic (exact) mass is 314 g/mol. The minimum Gasteiger partial charge on any atom is -0.443 e. The van der Waals surface area contributed by atoms with E-state index in [4.69, 9.17) is 10.5 Å². The average molecular weight is 314 g/mol. The summed E-state index contributed by atoms with van der Waals surface area (Å²) >= 11 is 0. The van der Waals surface area contributed by atoms with Crippen molar-refractivity contribution in [3.05, 3.63) is 30.0 Å². The van der Waals surface area contributed by atoms with E-state index in [0.717, 1.165) is 28.8 Å². The number of rotatable bonds is 1. The summed E-state index contributed by atoms with van der Waals surface area (Å²) in [5.41, 5.74) is 9.50. The molecule has 0 aliphatic carbocycles. The summed E-state index contributed by atoms with van der Waals surface area (Å²) in [6, 6.07) is 6.00. The number of aromatic nitrogens is 2. The summed E-state index contributed by atoms with van der Waals surface area (Å²) in [6.07, 6.45) is 2.27. The standard InChI is InChI=1S/C17H22N4O2/c1-17(2,3)23-16(22)21-8-7-12-9-11(5-6-14(12)21)13-10-19-20(4)15(13)18/h5-6,9-10H,7-8,18H2,1-4H3. The molecular formula is C17H22N4O2. The molecule has 0 fully saturated rings. The summed E-state index contributed by atoms with van der Waals surface area (Å²) in [5, 5.41) is 4.18. The molecule has 1 aliphatic heterocycles. The van der Waals surface area contributed by atoms with Crippen molar-refractivity contribution >= 4 is 17.6 Å². The highest BCUT2D eigenvalue weighted by Gasteiger charge is 2.29. The number of nitrogen functional groups attached to an aromatic ring is 1. The maximum Gasteiger partial charge on any atom is 0.414 e. The number of benzene rings is 1. The summed E-state index contributed by atoms with van der Waals surface area (Å²) in [4.78, 5) is 14.0. The molecule has 0 saturated carbocycles. The lowest BCUT2D eigenvalue weighted by molar-refractivity contribution is 0.0584. The zero-order valence-electron chi connectivity index (χ0n) is 14.0. The third-order valence-electron chi connectivity index (χ3n) is 3.88.